The number of likely N-dealkylation sites (N-methyl/N-ethyl adjacent to an activating group) is 1. The first-order valence-electron chi connectivity index (χ1n) is 10.5. The first-order valence-corrected chi connectivity index (χ1v) is 10.5. The second-order valence-electron chi connectivity index (χ2n) is 7.80. The van der Waals surface area contributed by atoms with E-state index in [1.807, 2.05) is 19.3 Å². The zero-order valence-electron chi connectivity index (χ0n) is 17.8. The lowest BCUT2D eigenvalue weighted by atomic mass is 10.0. The van der Waals surface area contributed by atoms with Gasteiger partial charge in [0.1, 0.15) is 12.3 Å². The molecule has 32 heavy (non-hydrogen) atoms. The average molecular weight is 442 g/mol. The number of nitrogens with one attached hydrogen (secondary N) is 1. The van der Waals surface area contributed by atoms with Crippen molar-refractivity contribution in [3.05, 3.63) is 43.0 Å². The summed E-state index contributed by atoms with van der Waals surface area (Å²) in [6, 6.07) is 5.68. The molecule has 0 unspecified atom stereocenters. The third kappa shape index (κ3) is 3.79. The normalized spacial score (nSPS) is 16.6. The number of anilines is 2. The summed E-state index contributed by atoms with van der Waals surface area (Å²) in [6.45, 7) is 1.77. The summed E-state index contributed by atoms with van der Waals surface area (Å²) >= 11 is 0. The van der Waals surface area contributed by atoms with E-state index in [0.717, 1.165) is 30.7 Å². The van der Waals surface area contributed by atoms with Gasteiger partial charge in [0.05, 0.1) is 23.6 Å². The Morgan fingerprint density at radius 1 is 1.25 bits per heavy atom. The lowest BCUT2D eigenvalue weighted by Crippen LogP contribution is -2.50. The minimum Gasteiger partial charge on any atom is -0.488 e. The number of aromatic nitrogens is 6. The van der Waals surface area contributed by atoms with Crippen LogP contribution in [0, 0.1) is 0 Å². The Bertz CT molecular complexity index is 1230. The maximum Gasteiger partial charge on any atom is 0.333 e. The summed E-state index contributed by atoms with van der Waals surface area (Å²) in [6.07, 6.45) is 7.67. The third-order valence-corrected chi connectivity index (χ3v) is 5.76. The van der Waals surface area contributed by atoms with Crippen LogP contribution in [0.1, 0.15) is 19.9 Å². The Morgan fingerprint density at radius 3 is 2.81 bits per heavy atom. The van der Waals surface area contributed by atoms with Crippen molar-refractivity contribution in [2.75, 3.05) is 25.0 Å². The molecule has 1 aliphatic rings. The van der Waals surface area contributed by atoms with E-state index in [2.05, 4.69) is 32.4 Å². The highest BCUT2D eigenvalue weighted by atomic mass is 19.3. The van der Waals surface area contributed by atoms with Crippen LogP contribution in [0.4, 0.5) is 20.3 Å². The molecule has 1 atom stereocenters. The first-order chi connectivity index (χ1) is 15.5. The molecule has 168 valence electrons. The van der Waals surface area contributed by atoms with Crippen LogP contribution >= 0.6 is 0 Å². The molecular formula is C21H24F2N8O. The fraction of sp³-hybridized carbons (Fsp3) is 0.381. The maximum atomic E-state index is 13.7. The fourth-order valence-electron chi connectivity index (χ4n) is 4.00. The largest absolute Gasteiger partial charge is 0.488 e. The lowest BCUT2D eigenvalue weighted by molar-refractivity contribution is 0.0535. The summed E-state index contributed by atoms with van der Waals surface area (Å²) < 4.78 is 37.4. The molecule has 1 saturated heterocycles. The van der Waals surface area contributed by atoms with Gasteiger partial charge in [-0.3, -0.25) is 9.58 Å². The number of rotatable bonds is 8. The van der Waals surface area contributed by atoms with Crippen LogP contribution < -0.4 is 10.1 Å². The molecule has 11 heteroatoms. The van der Waals surface area contributed by atoms with Crippen molar-refractivity contribution in [1.29, 1.82) is 0 Å². The Balaban J connectivity index is 1.43. The number of aryl methyl sites for hydroxylation is 1. The molecule has 9 nitrogen and oxygen atoms in total. The average Bonchev–Trinajstić information content (AvgIpc) is 3.45. The predicted octanol–water partition coefficient (Wildman–Crippen LogP) is 3.54. The molecule has 4 aromatic rings. The number of likely N-dealkylation sites (tertiary alicyclic amines) is 1. The molecule has 1 aliphatic heterocycles. The van der Waals surface area contributed by atoms with Crippen molar-refractivity contribution in [2.24, 2.45) is 7.05 Å². The van der Waals surface area contributed by atoms with E-state index in [1.165, 1.54) is 6.20 Å². The van der Waals surface area contributed by atoms with Gasteiger partial charge in [0.2, 0.25) is 0 Å². The van der Waals surface area contributed by atoms with Crippen LogP contribution in [0.25, 0.3) is 16.8 Å². The van der Waals surface area contributed by atoms with Gasteiger partial charge in [0.25, 0.3) is 0 Å². The molecule has 0 amide bonds. The minimum absolute atomic E-state index is 0.257. The third-order valence-electron chi connectivity index (χ3n) is 5.76. The highest BCUT2D eigenvalue weighted by molar-refractivity contribution is 5.73. The van der Waals surface area contributed by atoms with E-state index in [4.69, 9.17) is 4.74 Å². The van der Waals surface area contributed by atoms with Gasteiger partial charge < -0.3 is 10.1 Å². The zero-order chi connectivity index (χ0) is 22.2. The summed E-state index contributed by atoms with van der Waals surface area (Å²) in [7, 11) is 1.83. The monoisotopic (exact) mass is 442 g/mol. The van der Waals surface area contributed by atoms with Crippen molar-refractivity contribution in [2.45, 2.75) is 25.9 Å². The molecule has 1 N–H and O–H groups in total. The summed E-state index contributed by atoms with van der Waals surface area (Å²) in [4.78, 5) is 2.30. The Hall–Kier alpha value is -3.47. The van der Waals surface area contributed by atoms with Crippen molar-refractivity contribution in [3.8, 4) is 17.0 Å². The molecule has 5 heterocycles. The second kappa shape index (κ2) is 8.23. The number of alkyl halides is 2. The van der Waals surface area contributed by atoms with Gasteiger partial charge in [-0.15, -0.1) is 0 Å². The molecule has 1 fully saturated rings. The molecule has 0 aromatic carbocycles. The van der Waals surface area contributed by atoms with E-state index in [9.17, 15) is 8.78 Å². The molecule has 4 aromatic heterocycles. The standard InChI is InChI=1S/C21H24F2N8O/c1-3-29-6-5-16(29)13-32-18-11-25-31(21(22)23)20(18)14-4-7-30-17(8-14)9-19(27-30)26-15-10-24-28(2)12-15/h4,7-12,16,21H,3,5-6,13H2,1-2H3,(H,26,27)/t16-/m1/s1. The molecule has 0 aliphatic carbocycles. The zero-order valence-corrected chi connectivity index (χ0v) is 17.8. The summed E-state index contributed by atoms with van der Waals surface area (Å²) in [5.74, 6) is 0.976. The van der Waals surface area contributed by atoms with Gasteiger partial charge in [-0.2, -0.15) is 28.8 Å². The van der Waals surface area contributed by atoms with Crippen molar-refractivity contribution in [3.63, 3.8) is 0 Å². The van der Waals surface area contributed by atoms with Crippen LogP contribution in [0.2, 0.25) is 0 Å². The van der Waals surface area contributed by atoms with Gasteiger partial charge in [-0.25, -0.2) is 4.52 Å². The van der Waals surface area contributed by atoms with Gasteiger partial charge in [0.15, 0.2) is 11.6 Å². The van der Waals surface area contributed by atoms with Gasteiger partial charge in [-0.05, 0) is 25.1 Å². The lowest BCUT2D eigenvalue weighted by Gasteiger charge is -2.39. The van der Waals surface area contributed by atoms with E-state index < -0.39 is 6.55 Å². The molecule has 0 radical (unpaired) electrons. The highest BCUT2D eigenvalue weighted by Gasteiger charge is 2.28. The number of hydrogen-bond donors (Lipinski definition) is 1. The number of nitrogens with zero attached hydrogens (tertiary/aromatic N) is 7. The minimum atomic E-state index is -2.78. The van der Waals surface area contributed by atoms with Crippen LogP contribution in [0.3, 0.4) is 0 Å². The van der Waals surface area contributed by atoms with Crippen LogP contribution in [-0.2, 0) is 7.05 Å². The SMILES string of the molecule is CCN1CC[C@@H]1COc1cnn(C(F)F)c1-c1ccn2nc(Nc3cnn(C)c3)cc2c1. The quantitative estimate of drug-likeness (QED) is 0.450. The number of hydrogen-bond acceptors (Lipinski definition) is 6. The van der Waals surface area contributed by atoms with Crippen LogP contribution in [0.15, 0.2) is 43.0 Å². The first kappa shape index (κ1) is 20.4. The van der Waals surface area contributed by atoms with Crippen molar-refractivity contribution in [1.82, 2.24) is 34.1 Å². The predicted molar refractivity (Wildman–Crippen MR) is 115 cm³/mol. The summed E-state index contributed by atoms with van der Waals surface area (Å²) in [5, 5.41) is 15.7. The Labute approximate surface area is 183 Å². The Kier molecular flexibility index (Phi) is 5.25. The number of ether oxygens (including phenoxy) is 1. The summed E-state index contributed by atoms with van der Waals surface area (Å²) in [5.41, 5.74) is 2.39. The number of halogens is 2. The molecule has 0 bridgehead atoms. The van der Waals surface area contributed by atoms with Gasteiger partial charge in [0, 0.05) is 43.7 Å². The molecule has 0 saturated carbocycles. The van der Waals surface area contributed by atoms with Crippen LogP contribution in [-0.4, -0.2) is 59.8 Å². The van der Waals surface area contributed by atoms with Gasteiger partial charge >= 0.3 is 6.55 Å². The maximum absolute atomic E-state index is 13.7. The van der Waals surface area contributed by atoms with E-state index >= 15 is 0 Å². The molecule has 5 rings (SSSR count). The second-order valence-corrected chi connectivity index (χ2v) is 7.80. The number of pyridine rings is 1. The van der Waals surface area contributed by atoms with Gasteiger partial charge in [-0.1, -0.05) is 6.92 Å². The fourth-order valence-corrected chi connectivity index (χ4v) is 4.00. The van der Waals surface area contributed by atoms with Crippen molar-refractivity contribution >= 4 is 17.0 Å². The molecular weight excluding hydrogens is 418 g/mol. The smallest absolute Gasteiger partial charge is 0.333 e. The highest BCUT2D eigenvalue weighted by Crippen LogP contribution is 2.34. The molecule has 0 spiro atoms. The topological polar surface area (TPSA) is 77.4 Å². The van der Waals surface area contributed by atoms with E-state index in [1.54, 1.807) is 33.7 Å². The van der Waals surface area contributed by atoms with E-state index in [-0.39, 0.29) is 5.69 Å². The Morgan fingerprint density at radius 2 is 2.12 bits per heavy atom. The van der Waals surface area contributed by atoms with Crippen molar-refractivity contribution < 1.29 is 13.5 Å². The number of fused-ring (bicyclic) bond motifs is 1. The van der Waals surface area contributed by atoms with E-state index in [0.29, 0.717) is 34.5 Å². The van der Waals surface area contributed by atoms with Crippen LogP contribution in [0.5, 0.6) is 5.75 Å².